The number of nitrogens with one attached hydrogen (secondary N) is 1. The molecule has 0 aliphatic heterocycles. The molecule has 4 aromatic rings. The largest absolute Gasteiger partial charge is 0.483 e. The molecule has 35 heavy (non-hydrogen) atoms. The van der Waals surface area contributed by atoms with Crippen molar-refractivity contribution in [2.45, 2.75) is 34.6 Å². The maximum Gasteiger partial charge on any atom is 0.343 e. The Balaban J connectivity index is 1.67. The predicted molar refractivity (Wildman–Crippen MR) is 134 cm³/mol. The zero-order valence-electron chi connectivity index (χ0n) is 20.5. The fourth-order valence-corrected chi connectivity index (χ4v) is 3.89. The average Bonchev–Trinajstić information content (AvgIpc) is 3.25. The Morgan fingerprint density at radius 2 is 1.74 bits per heavy atom. The van der Waals surface area contributed by atoms with E-state index in [-0.39, 0.29) is 24.6 Å². The summed E-state index contributed by atoms with van der Waals surface area (Å²) >= 11 is 0. The van der Waals surface area contributed by atoms with E-state index in [1.165, 1.54) is 10.9 Å². The molecule has 0 aliphatic rings. The Morgan fingerprint density at radius 1 is 1.00 bits per heavy atom. The van der Waals surface area contributed by atoms with E-state index in [1.807, 2.05) is 70.2 Å². The van der Waals surface area contributed by atoms with Crippen LogP contribution in [-0.4, -0.2) is 39.9 Å². The molecule has 0 saturated heterocycles. The van der Waals surface area contributed by atoms with E-state index in [2.05, 4.69) is 15.4 Å². The summed E-state index contributed by atoms with van der Waals surface area (Å²) in [6.45, 7) is 9.53. The van der Waals surface area contributed by atoms with Crippen LogP contribution >= 0.6 is 0 Å². The molecule has 180 valence electrons. The number of hydrogen-bond donors (Lipinski definition) is 1. The lowest BCUT2D eigenvalue weighted by Crippen LogP contribution is -2.24. The molecule has 2 aromatic carbocycles. The third-order valence-electron chi connectivity index (χ3n) is 5.87. The first kappa shape index (κ1) is 23.9. The van der Waals surface area contributed by atoms with E-state index in [0.717, 1.165) is 33.2 Å². The number of amides is 1. The van der Waals surface area contributed by atoms with Crippen molar-refractivity contribution in [2.24, 2.45) is 0 Å². The minimum absolute atomic E-state index is 0.135. The van der Waals surface area contributed by atoms with Gasteiger partial charge in [-0.05, 0) is 69.0 Å². The summed E-state index contributed by atoms with van der Waals surface area (Å²) in [4.78, 5) is 30.2. The Hall–Kier alpha value is -4.20. The Labute approximate surface area is 203 Å². The van der Waals surface area contributed by atoms with Crippen LogP contribution in [0.25, 0.3) is 16.7 Å². The van der Waals surface area contributed by atoms with Crippen LogP contribution in [-0.2, 0) is 9.53 Å². The molecule has 2 heterocycles. The van der Waals surface area contributed by atoms with Gasteiger partial charge < -0.3 is 14.8 Å². The Bertz CT molecular complexity index is 1420. The molecular weight excluding hydrogens is 444 g/mol. The summed E-state index contributed by atoms with van der Waals surface area (Å²) in [7, 11) is 0. The number of hydrogen-bond acceptors (Lipinski definition) is 6. The molecule has 4 rings (SSSR count). The quantitative estimate of drug-likeness (QED) is 0.387. The fraction of sp³-hybridized carbons (Fsp3) is 0.259. The highest BCUT2D eigenvalue weighted by atomic mass is 16.5. The second-order valence-corrected chi connectivity index (χ2v) is 8.34. The highest BCUT2D eigenvalue weighted by Gasteiger charge is 2.23. The molecule has 0 radical (unpaired) electrons. The lowest BCUT2D eigenvalue weighted by Gasteiger charge is -2.15. The van der Waals surface area contributed by atoms with E-state index >= 15 is 0 Å². The van der Waals surface area contributed by atoms with Crippen LogP contribution < -0.4 is 10.1 Å². The lowest BCUT2D eigenvalue weighted by atomic mass is 10.1. The molecule has 1 N–H and O–H groups in total. The molecule has 0 unspecified atom stereocenters. The highest BCUT2D eigenvalue weighted by molar-refractivity contribution is 6.01. The number of pyridine rings is 1. The number of rotatable bonds is 7. The third kappa shape index (κ3) is 4.87. The molecule has 0 fully saturated rings. The zero-order valence-corrected chi connectivity index (χ0v) is 20.5. The Morgan fingerprint density at radius 3 is 2.51 bits per heavy atom. The van der Waals surface area contributed by atoms with Crippen LogP contribution in [0.3, 0.4) is 0 Å². The molecule has 0 saturated carbocycles. The number of aromatic nitrogens is 3. The summed E-state index contributed by atoms with van der Waals surface area (Å²) in [5, 5.41) is 8.14. The van der Waals surface area contributed by atoms with Gasteiger partial charge in [0.1, 0.15) is 11.3 Å². The van der Waals surface area contributed by atoms with E-state index in [0.29, 0.717) is 11.6 Å². The van der Waals surface area contributed by atoms with Crippen molar-refractivity contribution in [3.63, 3.8) is 0 Å². The average molecular weight is 473 g/mol. The first-order valence-electron chi connectivity index (χ1n) is 11.4. The summed E-state index contributed by atoms with van der Waals surface area (Å²) in [5.74, 6) is 0.300. The van der Waals surface area contributed by atoms with Gasteiger partial charge in [0.2, 0.25) is 0 Å². The molecular formula is C27H28N4O4. The highest BCUT2D eigenvalue weighted by Crippen LogP contribution is 2.27. The van der Waals surface area contributed by atoms with Crippen LogP contribution in [0.2, 0.25) is 0 Å². The summed E-state index contributed by atoms with van der Waals surface area (Å²) in [5.41, 5.74) is 4.90. The number of aryl methyl sites for hydroxylation is 3. The first-order valence-corrected chi connectivity index (χ1v) is 11.4. The van der Waals surface area contributed by atoms with Crippen molar-refractivity contribution < 1.29 is 19.1 Å². The van der Waals surface area contributed by atoms with Crippen molar-refractivity contribution >= 4 is 28.6 Å². The topological polar surface area (TPSA) is 95.3 Å². The van der Waals surface area contributed by atoms with Crippen molar-refractivity contribution in [1.82, 2.24) is 14.8 Å². The van der Waals surface area contributed by atoms with Gasteiger partial charge in [0.05, 0.1) is 18.3 Å². The standard InChI is InChI=1S/C27H28N4O4/c1-6-34-27(33)21-14-28-31(23-13-18(4)20-9-7-8-10-22(20)29-23)26(21)30-24(32)15-35-25-17(3)12-11-16(2)19(25)5/h7-14H,6,15H2,1-5H3,(H,30,32). The van der Waals surface area contributed by atoms with Gasteiger partial charge in [-0.1, -0.05) is 30.3 Å². The van der Waals surface area contributed by atoms with Crippen LogP contribution in [0.5, 0.6) is 5.75 Å². The molecule has 0 aliphatic carbocycles. The van der Waals surface area contributed by atoms with E-state index in [1.54, 1.807) is 6.92 Å². The number of anilines is 1. The molecule has 0 atom stereocenters. The smallest absolute Gasteiger partial charge is 0.343 e. The molecule has 8 heteroatoms. The van der Waals surface area contributed by atoms with E-state index in [4.69, 9.17) is 9.47 Å². The molecule has 0 bridgehead atoms. The van der Waals surface area contributed by atoms with Gasteiger partial charge in [-0.3, -0.25) is 4.79 Å². The van der Waals surface area contributed by atoms with Gasteiger partial charge in [0.25, 0.3) is 5.91 Å². The molecule has 1 amide bonds. The number of ether oxygens (including phenoxy) is 2. The normalized spacial score (nSPS) is 10.9. The summed E-state index contributed by atoms with van der Waals surface area (Å²) < 4.78 is 12.5. The zero-order chi connectivity index (χ0) is 25.1. The van der Waals surface area contributed by atoms with Crippen molar-refractivity contribution in [1.29, 1.82) is 0 Å². The van der Waals surface area contributed by atoms with Gasteiger partial charge in [-0.2, -0.15) is 9.78 Å². The maximum absolute atomic E-state index is 12.9. The first-order chi connectivity index (χ1) is 16.8. The molecule has 2 aromatic heterocycles. The van der Waals surface area contributed by atoms with Gasteiger partial charge >= 0.3 is 5.97 Å². The SMILES string of the molecule is CCOC(=O)c1cnn(-c2cc(C)c3ccccc3n2)c1NC(=O)COc1c(C)ccc(C)c1C. The van der Waals surface area contributed by atoms with Crippen LogP contribution in [0.1, 0.15) is 39.5 Å². The van der Waals surface area contributed by atoms with E-state index in [9.17, 15) is 9.59 Å². The van der Waals surface area contributed by atoms with E-state index < -0.39 is 11.9 Å². The fourth-order valence-electron chi connectivity index (χ4n) is 3.89. The molecule has 0 spiro atoms. The van der Waals surface area contributed by atoms with Crippen LogP contribution in [0, 0.1) is 27.7 Å². The number of nitrogens with zero attached hydrogens (tertiary/aromatic N) is 3. The van der Waals surface area contributed by atoms with Gasteiger partial charge in [0.15, 0.2) is 18.2 Å². The summed E-state index contributed by atoms with van der Waals surface area (Å²) in [6.07, 6.45) is 1.37. The predicted octanol–water partition coefficient (Wildman–Crippen LogP) is 4.85. The van der Waals surface area contributed by atoms with Crippen molar-refractivity contribution in [2.75, 3.05) is 18.5 Å². The maximum atomic E-state index is 12.9. The summed E-state index contributed by atoms with van der Waals surface area (Å²) in [6, 6.07) is 13.6. The second kappa shape index (κ2) is 9.97. The van der Waals surface area contributed by atoms with Gasteiger partial charge in [-0.15, -0.1) is 0 Å². The monoisotopic (exact) mass is 472 g/mol. The minimum Gasteiger partial charge on any atom is -0.483 e. The van der Waals surface area contributed by atoms with Gasteiger partial charge in [-0.25, -0.2) is 9.78 Å². The second-order valence-electron chi connectivity index (χ2n) is 8.34. The van der Waals surface area contributed by atoms with Crippen molar-refractivity contribution in [3.05, 3.63) is 76.5 Å². The number of esters is 1. The van der Waals surface area contributed by atoms with Gasteiger partial charge in [0, 0.05) is 5.39 Å². The molecule has 8 nitrogen and oxygen atoms in total. The van der Waals surface area contributed by atoms with Crippen molar-refractivity contribution in [3.8, 4) is 11.6 Å². The Kier molecular flexibility index (Phi) is 6.82. The lowest BCUT2D eigenvalue weighted by molar-refractivity contribution is -0.118. The number of para-hydroxylation sites is 1. The number of carbonyl (C=O) groups is 2. The van der Waals surface area contributed by atoms with Crippen LogP contribution in [0.4, 0.5) is 5.82 Å². The number of benzene rings is 2. The number of carbonyl (C=O) groups excluding carboxylic acids is 2. The minimum atomic E-state index is -0.585. The van der Waals surface area contributed by atoms with Crippen LogP contribution in [0.15, 0.2) is 48.7 Å². The third-order valence-corrected chi connectivity index (χ3v) is 5.87. The number of fused-ring (bicyclic) bond motifs is 1.